The second kappa shape index (κ2) is 6.39. The van der Waals surface area contributed by atoms with E-state index in [1.807, 2.05) is 0 Å². The predicted molar refractivity (Wildman–Crippen MR) is 70.6 cm³/mol. The van der Waals surface area contributed by atoms with Gasteiger partial charge in [0.05, 0.1) is 13.2 Å². The monoisotopic (exact) mass is 255 g/mol. The Morgan fingerprint density at radius 3 is 2.61 bits per heavy atom. The van der Waals surface area contributed by atoms with Crippen LogP contribution in [0.4, 0.5) is 5.69 Å². The standard InChI is InChI=1S/C12H21N3O3/c1-9(2)4-6-18-7-5-15-11(16)10(13)8-14(3)12(15)17/h8-9H,4-7,13H2,1-3H3. The molecule has 1 heterocycles. The van der Waals surface area contributed by atoms with Crippen molar-refractivity contribution in [2.24, 2.45) is 13.0 Å². The van der Waals surface area contributed by atoms with E-state index < -0.39 is 5.56 Å². The van der Waals surface area contributed by atoms with Crippen molar-refractivity contribution in [3.8, 4) is 0 Å². The predicted octanol–water partition coefficient (Wildman–Crippen LogP) is 0.192. The number of hydrogen-bond donors (Lipinski definition) is 1. The average molecular weight is 255 g/mol. The normalized spacial score (nSPS) is 11.1. The van der Waals surface area contributed by atoms with Crippen LogP contribution in [0.1, 0.15) is 20.3 Å². The molecule has 1 aromatic rings. The highest BCUT2D eigenvalue weighted by Gasteiger charge is 2.06. The van der Waals surface area contributed by atoms with Gasteiger partial charge in [0.25, 0.3) is 5.56 Å². The average Bonchev–Trinajstić information content (AvgIpc) is 2.30. The molecule has 0 aromatic carbocycles. The molecule has 0 amide bonds. The van der Waals surface area contributed by atoms with Gasteiger partial charge in [-0.05, 0) is 12.3 Å². The molecule has 0 saturated carbocycles. The third-order valence-electron chi connectivity index (χ3n) is 2.66. The second-order valence-electron chi connectivity index (χ2n) is 4.73. The fourth-order valence-electron chi connectivity index (χ4n) is 1.53. The van der Waals surface area contributed by atoms with Crippen molar-refractivity contribution >= 4 is 5.69 Å². The molecular formula is C12H21N3O3. The largest absolute Gasteiger partial charge is 0.393 e. The molecule has 0 unspecified atom stereocenters. The Kier molecular flexibility index (Phi) is 5.15. The van der Waals surface area contributed by atoms with Gasteiger partial charge in [-0.1, -0.05) is 13.8 Å². The van der Waals surface area contributed by atoms with E-state index in [9.17, 15) is 9.59 Å². The summed E-state index contributed by atoms with van der Waals surface area (Å²) in [7, 11) is 1.56. The minimum absolute atomic E-state index is 0.0688. The summed E-state index contributed by atoms with van der Waals surface area (Å²) >= 11 is 0. The lowest BCUT2D eigenvalue weighted by Crippen LogP contribution is -2.40. The maximum absolute atomic E-state index is 11.7. The Morgan fingerprint density at radius 1 is 1.33 bits per heavy atom. The quantitative estimate of drug-likeness (QED) is 0.736. The molecule has 0 aliphatic heterocycles. The van der Waals surface area contributed by atoms with E-state index in [-0.39, 0.29) is 17.9 Å². The van der Waals surface area contributed by atoms with E-state index in [2.05, 4.69) is 13.8 Å². The zero-order valence-electron chi connectivity index (χ0n) is 11.2. The van der Waals surface area contributed by atoms with E-state index in [1.165, 1.54) is 10.8 Å². The van der Waals surface area contributed by atoms with Crippen LogP contribution in [-0.2, 0) is 18.3 Å². The van der Waals surface area contributed by atoms with Gasteiger partial charge in [-0.3, -0.25) is 9.36 Å². The van der Waals surface area contributed by atoms with E-state index in [4.69, 9.17) is 10.5 Å². The molecule has 0 bridgehead atoms. The summed E-state index contributed by atoms with van der Waals surface area (Å²) in [4.78, 5) is 23.4. The highest BCUT2D eigenvalue weighted by molar-refractivity contribution is 5.30. The molecule has 0 radical (unpaired) electrons. The number of nitrogen functional groups attached to an aromatic ring is 1. The van der Waals surface area contributed by atoms with Crippen LogP contribution in [0.5, 0.6) is 0 Å². The summed E-state index contributed by atoms with van der Waals surface area (Å²) < 4.78 is 7.79. The number of nitrogens with two attached hydrogens (primary N) is 1. The van der Waals surface area contributed by atoms with Crippen LogP contribution < -0.4 is 17.0 Å². The molecular weight excluding hydrogens is 234 g/mol. The Labute approximate surface area is 106 Å². The first-order valence-electron chi connectivity index (χ1n) is 6.07. The minimum Gasteiger partial charge on any atom is -0.393 e. The molecule has 102 valence electrons. The van der Waals surface area contributed by atoms with Gasteiger partial charge >= 0.3 is 5.69 Å². The molecule has 0 fully saturated rings. The lowest BCUT2D eigenvalue weighted by molar-refractivity contribution is 0.114. The molecule has 6 heteroatoms. The van der Waals surface area contributed by atoms with Gasteiger partial charge in [0.2, 0.25) is 0 Å². The Balaban J connectivity index is 2.63. The summed E-state index contributed by atoms with van der Waals surface area (Å²) in [6.45, 7) is 5.43. The lowest BCUT2D eigenvalue weighted by atomic mass is 10.1. The van der Waals surface area contributed by atoms with Gasteiger partial charge in [-0.15, -0.1) is 0 Å². The summed E-state index contributed by atoms with van der Waals surface area (Å²) in [5.41, 5.74) is 4.77. The summed E-state index contributed by atoms with van der Waals surface area (Å²) in [6.07, 6.45) is 2.30. The number of rotatable bonds is 6. The Morgan fingerprint density at radius 2 is 2.00 bits per heavy atom. The van der Waals surface area contributed by atoms with Crippen molar-refractivity contribution < 1.29 is 4.74 Å². The summed E-state index contributed by atoms with van der Waals surface area (Å²) in [5.74, 6) is 0.577. The maximum atomic E-state index is 11.7. The summed E-state index contributed by atoms with van der Waals surface area (Å²) in [5, 5.41) is 0. The molecule has 0 spiro atoms. The van der Waals surface area contributed by atoms with Crippen molar-refractivity contribution in [2.75, 3.05) is 18.9 Å². The van der Waals surface area contributed by atoms with Crippen LogP contribution in [0.2, 0.25) is 0 Å². The molecule has 1 aromatic heterocycles. The highest BCUT2D eigenvalue weighted by atomic mass is 16.5. The van der Waals surface area contributed by atoms with Crippen LogP contribution >= 0.6 is 0 Å². The number of hydrogen-bond acceptors (Lipinski definition) is 4. The zero-order valence-corrected chi connectivity index (χ0v) is 11.2. The first-order valence-corrected chi connectivity index (χ1v) is 6.07. The third kappa shape index (κ3) is 3.73. The number of ether oxygens (including phenoxy) is 1. The van der Waals surface area contributed by atoms with Crippen LogP contribution in [0.15, 0.2) is 15.8 Å². The number of anilines is 1. The van der Waals surface area contributed by atoms with Gasteiger partial charge in [0.15, 0.2) is 0 Å². The van der Waals surface area contributed by atoms with Gasteiger partial charge in [0.1, 0.15) is 5.69 Å². The van der Waals surface area contributed by atoms with E-state index in [1.54, 1.807) is 7.05 Å². The third-order valence-corrected chi connectivity index (χ3v) is 2.66. The fourth-order valence-corrected chi connectivity index (χ4v) is 1.53. The number of aromatic nitrogens is 2. The molecule has 18 heavy (non-hydrogen) atoms. The van der Waals surface area contributed by atoms with E-state index in [0.29, 0.717) is 19.1 Å². The fraction of sp³-hybridized carbons (Fsp3) is 0.667. The van der Waals surface area contributed by atoms with Gasteiger partial charge < -0.3 is 15.0 Å². The van der Waals surface area contributed by atoms with Crippen LogP contribution in [0.25, 0.3) is 0 Å². The lowest BCUT2D eigenvalue weighted by Gasteiger charge is -2.09. The number of aryl methyl sites for hydroxylation is 1. The van der Waals surface area contributed by atoms with Crippen LogP contribution in [0.3, 0.4) is 0 Å². The molecule has 0 atom stereocenters. The van der Waals surface area contributed by atoms with Gasteiger partial charge in [-0.25, -0.2) is 4.79 Å². The van der Waals surface area contributed by atoms with Crippen LogP contribution in [0, 0.1) is 5.92 Å². The van der Waals surface area contributed by atoms with Crippen molar-refractivity contribution in [2.45, 2.75) is 26.8 Å². The van der Waals surface area contributed by atoms with Gasteiger partial charge in [0, 0.05) is 19.9 Å². The molecule has 2 N–H and O–H groups in total. The summed E-state index contributed by atoms with van der Waals surface area (Å²) in [6, 6.07) is 0. The first-order chi connectivity index (χ1) is 8.43. The van der Waals surface area contributed by atoms with E-state index in [0.717, 1.165) is 11.0 Å². The molecule has 0 saturated heterocycles. The Hall–Kier alpha value is -1.56. The van der Waals surface area contributed by atoms with Crippen LogP contribution in [-0.4, -0.2) is 22.3 Å². The van der Waals surface area contributed by atoms with Crippen molar-refractivity contribution in [3.05, 3.63) is 27.0 Å². The SMILES string of the molecule is CC(C)CCOCCn1c(=O)c(N)cn(C)c1=O. The van der Waals surface area contributed by atoms with Crippen molar-refractivity contribution in [1.29, 1.82) is 0 Å². The topological polar surface area (TPSA) is 79.2 Å². The van der Waals surface area contributed by atoms with Crippen molar-refractivity contribution in [1.82, 2.24) is 9.13 Å². The number of nitrogens with zero attached hydrogens (tertiary/aromatic N) is 2. The smallest absolute Gasteiger partial charge is 0.330 e. The second-order valence-corrected chi connectivity index (χ2v) is 4.73. The highest BCUT2D eigenvalue weighted by Crippen LogP contribution is 1.98. The Bertz CT molecular complexity index is 468. The van der Waals surface area contributed by atoms with E-state index >= 15 is 0 Å². The van der Waals surface area contributed by atoms with Crippen molar-refractivity contribution in [3.63, 3.8) is 0 Å². The first kappa shape index (κ1) is 14.5. The molecule has 0 aliphatic carbocycles. The minimum atomic E-state index is -0.453. The molecule has 6 nitrogen and oxygen atoms in total. The molecule has 1 rings (SSSR count). The zero-order chi connectivity index (χ0) is 13.7. The molecule has 0 aliphatic rings. The van der Waals surface area contributed by atoms with Gasteiger partial charge in [-0.2, -0.15) is 0 Å². The maximum Gasteiger partial charge on any atom is 0.330 e.